The maximum Gasteiger partial charge on any atom is 0.155 e. The fraction of sp³-hybridized carbons (Fsp3) is 0.692. The maximum atomic E-state index is 11.3. The summed E-state index contributed by atoms with van der Waals surface area (Å²) in [6, 6.07) is 0.133. The van der Waals surface area contributed by atoms with E-state index < -0.39 is 0 Å². The monoisotopic (exact) mass is 269 g/mol. The molecule has 1 aromatic heterocycles. The first kappa shape index (κ1) is 15.7. The lowest BCUT2D eigenvalue weighted by Crippen LogP contribution is -2.40. The Balaban J connectivity index is 3.12. The van der Waals surface area contributed by atoms with Gasteiger partial charge in [-0.25, -0.2) is 0 Å². The topological polar surface area (TPSA) is 56.6 Å². The number of nitrogens with zero attached hydrogens (tertiary/aromatic N) is 3. The van der Waals surface area contributed by atoms with Crippen LogP contribution >= 0.6 is 0 Å². The van der Waals surface area contributed by atoms with Gasteiger partial charge in [0.05, 0.1) is 30.5 Å². The van der Waals surface area contributed by atoms with Gasteiger partial charge in [0.2, 0.25) is 0 Å². The quantitative estimate of drug-likeness (QED) is 0.660. The molecule has 0 saturated heterocycles. The summed E-state index contributed by atoms with van der Waals surface area (Å²) in [6.45, 7) is 5.72. The van der Waals surface area contributed by atoms with Crippen molar-refractivity contribution < 1.29 is 14.3 Å². The van der Waals surface area contributed by atoms with Crippen LogP contribution in [0.3, 0.4) is 0 Å². The Labute approximate surface area is 114 Å². The number of hydrogen-bond donors (Lipinski definition) is 0. The third-order valence-electron chi connectivity index (χ3n) is 3.10. The minimum absolute atomic E-state index is 0.133. The van der Waals surface area contributed by atoms with E-state index in [4.69, 9.17) is 9.47 Å². The van der Waals surface area contributed by atoms with Crippen LogP contribution in [0.4, 0.5) is 5.82 Å². The smallest absolute Gasteiger partial charge is 0.155 e. The van der Waals surface area contributed by atoms with Crippen molar-refractivity contribution in [1.82, 2.24) is 9.78 Å². The predicted molar refractivity (Wildman–Crippen MR) is 73.9 cm³/mol. The van der Waals surface area contributed by atoms with Gasteiger partial charge in [-0.2, -0.15) is 5.10 Å². The van der Waals surface area contributed by atoms with Crippen molar-refractivity contribution in [3.63, 3.8) is 0 Å². The Morgan fingerprint density at radius 3 is 2.63 bits per heavy atom. The van der Waals surface area contributed by atoms with Gasteiger partial charge < -0.3 is 14.4 Å². The molecular formula is C13H23N3O3. The van der Waals surface area contributed by atoms with Crippen LogP contribution < -0.4 is 4.90 Å². The van der Waals surface area contributed by atoms with Crippen molar-refractivity contribution in [3.8, 4) is 0 Å². The van der Waals surface area contributed by atoms with E-state index in [0.717, 1.165) is 17.8 Å². The Bertz CT molecular complexity index is 418. The lowest BCUT2D eigenvalue weighted by atomic mass is 10.2. The number of hydrogen-bond acceptors (Lipinski definition) is 5. The average molecular weight is 269 g/mol. The van der Waals surface area contributed by atoms with Crippen LogP contribution in [-0.4, -0.2) is 56.1 Å². The molecule has 1 unspecified atom stereocenters. The number of anilines is 1. The van der Waals surface area contributed by atoms with E-state index in [1.165, 1.54) is 0 Å². The number of methoxy groups -OCH3 is 2. The van der Waals surface area contributed by atoms with Gasteiger partial charge in [0, 0.05) is 27.8 Å². The number of carbonyl (C=O) groups excluding carboxylic acids is 1. The molecule has 6 nitrogen and oxygen atoms in total. The van der Waals surface area contributed by atoms with E-state index in [9.17, 15) is 4.79 Å². The van der Waals surface area contributed by atoms with Crippen LogP contribution in [0.1, 0.15) is 23.0 Å². The highest BCUT2D eigenvalue weighted by molar-refractivity contribution is 5.84. The fourth-order valence-electron chi connectivity index (χ4n) is 2.20. The molecular weight excluding hydrogens is 246 g/mol. The molecule has 0 spiro atoms. The van der Waals surface area contributed by atoms with Crippen LogP contribution in [0.2, 0.25) is 0 Å². The lowest BCUT2D eigenvalue weighted by Gasteiger charge is -2.30. The number of carbonyl (C=O) groups is 1. The summed E-state index contributed by atoms with van der Waals surface area (Å²) in [5, 5.41) is 4.32. The summed E-state index contributed by atoms with van der Waals surface area (Å²) in [4.78, 5) is 13.4. The summed E-state index contributed by atoms with van der Waals surface area (Å²) in [7, 11) is 5.17. The van der Waals surface area contributed by atoms with Gasteiger partial charge in [-0.05, 0) is 13.8 Å². The van der Waals surface area contributed by atoms with Crippen molar-refractivity contribution in [2.45, 2.75) is 19.9 Å². The molecule has 0 amide bonds. The summed E-state index contributed by atoms with van der Waals surface area (Å²) >= 11 is 0. The second kappa shape index (κ2) is 7.25. The largest absolute Gasteiger partial charge is 0.383 e. The van der Waals surface area contributed by atoms with Gasteiger partial charge in [0.1, 0.15) is 5.82 Å². The summed E-state index contributed by atoms with van der Waals surface area (Å²) < 4.78 is 12.1. The van der Waals surface area contributed by atoms with Gasteiger partial charge in [-0.1, -0.05) is 0 Å². The van der Waals surface area contributed by atoms with Gasteiger partial charge >= 0.3 is 0 Å². The number of ether oxygens (including phenoxy) is 2. The van der Waals surface area contributed by atoms with Crippen molar-refractivity contribution in [2.24, 2.45) is 7.05 Å². The summed E-state index contributed by atoms with van der Waals surface area (Å²) in [5.41, 5.74) is 1.36. The second-order valence-electron chi connectivity index (χ2n) is 4.55. The molecule has 0 radical (unpaired) electrons. The minimum atomic E-state index is 0.133. The molecule has 0 aliphatic rings. The Morgan fingerprint density at radius 1 is 1.42 bits per heavy atom. The molecule has 1 rings (SSSR count). The minimum Gasteiger partial charge on any atom is -0.383 e. The first-order valence-electron chi connectivity index (χ1n) is 6.30. The average Bonchev–Trinajstić information content (AvgIpc) is 2.65. The highest BCUT2D eigenvalue weighted by Crippen LogP contribution is 2.23. The van der Waals surface area contributed by atoms with Crippen LogP contribution in [0, 0.1) is 6.92 Å². The van der Waals surface area contributed by atoms with E-state index >= 15 is 0 Å². The molecule has 0 bridgehead atoms. The molecule has 1 heterocycles. The number of rotatable bonds is 8. The fourth-order valence-corrected chi connectivity index (χ4v) is 2.20. The zero-order valence-corrected chi connectivity index (χ0v) is 12.3. The van der Waals surface area contributed by atoms with E-state index in [1.54, 1.807) is 18.9 Å². The standard InChI is InChI=1S/C13H23N3O3/c1-10(9-19-5)16(6-7-18-4)13-12(8-17)11(2)14-15(13)3/h8,10H,6-7,9H2,1-5H3. The number of aromatic nitrogens is 2. The van der Waals surface area contributed by atoms with E-state index in [0.29, 0.717) is 25.3 Å². The first-order valence-corrected chi connectivity index (χ1v) is 6.30. The SMILES string of the molecule is COCCN(c1c(C=O)c(C)nn1C)C(C)COC. The number of aryl methyl sites for hydroxylation is 2. The molecule has 108 valence electrons. The first-order chi connectivity index (χ1) is 9.06. The molecule has 1 aromatic rings. The van der Waals surface area contributed by atoms with E-state index in [-0.39, 0.29) is 6.04 Å². The van der Waals surface area contributed by atoms with Crippen LogP contribution in [-0.2, 0) is 16.5 Å². The zero-order valence-electron chi connectivity index (χ0n) is 12.3. The molecule has 0 aromatic carbocycles. The third kappa shape index (κ3) is 3.54. The highest BCUT2D eigenvalue weighted by atomic mass is 16.5. The molecule has 1 atom stereocenters. The van der Waals surface area contributed by atoms with Gasteiger partial charge in [-0.3, -0.25) is 9.48 Å². The maximum absolute atomic E-state index is 11.3. The van der Waals surface area contributed by atoms with Crippen LogP contribution in [0.5, 0.6) is 0 Å². The van der Waals surface area contributed by atoms with Gasteiger partial charge in [0.15, 0.2) is 6.29 Å². The van der Waals surface area contributed by atoms with Crippen LogP contribution in [0.15, 0.2) is 0 Å². The van der Waals surface area contributed by atoms with Crippen molar-refractivity contribution in [3.05, 3.63) is 11.3 Å². The zero-order chi connectivity index (χ0) is 14.4. The normalized spacial score (nSPS) is 12.5. The van der Waals surface area contributed by atoms with E-state index in [2.05, 4.69) is 16.9 Å². The Kier molecular flexibility index (Phi) is 5.98. The molecule has 0 aliphatic heterocycles. The number of aldehydes is 1. The Hall–Kier alpha value is -1.40. The van der Waals surface area contributed by atoms with Crippen molar-refractivity contribution in [2.75, 3.05) is 38.9 Å². The van der Waals surface area contributed by atoms with Gasteiger partial charge in [-0.15, -0.1) is 0 Å². The summed E-state index contributed by atoms with van der Waals surface area (Å²) in [6.07, 6.45) is 0.858. The third-order valence-corrected chi connectivity index (χ3v) is 3.10. The van der Waals surface area contributed by atoms with Crippen LogP contribution in [0.25, 0.3) is 0 Å². The predicted octanol–water partition coefficient (Wildman–Crippen LogP) is 1.03. The Morgan fingerprint density at radius 2 is 2.11 bits per heavy atom. The molecule has 0 aliphatic carbocycles. The molecule has 0 fully saturated rings. The van der Waals surface area contributed by atoms with Crippen molar-refractivity contribution in [1.29, 1.82) is 0 Å². The molecule has 19 heavy (non-hydrogen) atoms. The molecule has 6 heteroatoms. The molecule has 0 N–H and O–H groups in total. The molecule has 0 saturated carbocycles. The summed E-state index contributed by atoms with van der Waals surface area (Å²) in [5.74, 6) is 0.814. The van der Waals surface area contributed by atoms with Crippen molar-refractivity contribution >= 4 is 12.1 Å². The highest BCUT2D eigenvalue weighted by Gasteiger charge is 2.23. The second-order valence-corrected chi connectivity index (χ2v) is 4.55. The van der Waals surface area contributed by atoms with E-state index in [1.807, 2.05) is 14.0 Å². The van der Waals surface area contributed by atoms with Gasteiger partial charge in [0.25, 0.3) is 0 Å². The lowest BCUT2D eigenvalue weighted by molar-refractivity contribution is 0.112.